The van der Waals surface area contributed by atoms with Gasteiger partial charge < -0.3 is 15.4 Å². The number of hydrogen-bond donors (Lipinski definition) is 2. The first-order valence-electron chi connectivity index (χ1n) is 4.97. The van der Waals surface area contributed by atoms with E-state index < -0.39 is 6.09 Å². The third-order valence-electron chi connectivity index (χ3n) is 1.60. The molecule has 0 bridgehead atoms. The van der Waals surface area contributed by atoms with Crippen molar-refractivity contribution < 1.29 is 14.3 Å². The SMILES string of the molecule is CC/C=C/CCNC(=O)OCC(=O)NC. The van der Waals surface area contributed by atoms with Crippen LogP contribution in [0.15, 0.2) is 12.2 Å². The molecular weight excluding hydrogens is 196 g/mol. The Hall–Kier alpha value is -1.52. The van der Waals surface area contributed by atoms with Gasteiger partial charge in [-0.2, -0.15) is 0 Å². The summed E-state index contributed by atoms with van der Waals surface area (Å²) < 4.78 is 4.62. The van der Waals surface area contributed by atoms with Crippen LogP contribution < -0.4 is 10.6 Å². The molecule has 0 aromatic carbocycles. The van der Waals surface area contributed by atoms with Gasteiger partial charge in [-0.3, -0.25) is 4.79 Å². The molecule has 0 aromatic rings. The second kappa shape index (κ2) is 9.05. The van der Waals surface area contributed by atoms with Crippen molar-refractivity contribution in [2.45, 2.75) is 19.8 Å². The molecule has 86 valence electrons. The minimum absolute atomic E-state index is 0.243. The van der Waals surface area contributed by atoms with Crippen molar-refractivity contribution in [1.82, 2.24) is 10.6 Å². The van der Waals surface area contributed by atoms with Crippen LogP contribution in [0.1, 0.15) is 19.8 Å². The minimum atomic E-state index is -0.566. The number of carbonyl (C=O) groups is 2. The second-order valence-corrected chi connectivity index (χ2v) is 2.84. The largest absolute Gasteiger partial charge is 0.439 e. The molecule has 15 heavy (non-hydrogen) atoms. The van der Waals surface area contributed by atoms with Crippen LogP contribution >= 0.6 is 0 Å². The lowest BCUT2D eigenvalue weighted by atomic mass is 10.3. The van der Waals surface area contributed by atoms with Crippen molar-refractivity contribution in [3.8, 4) is 0 Å². The lowest BCUT2D eigenvalue weighted by Gasteiger charge is -2.04. The van der Waals surface area contributed by atoms with Gasteiger partial charge in [0.15, 0.2) is 6.61 Å². The maximum atomic E-state index is 11.0. The molecule has 0 heterocycles. The first kappa shape index (κ1) is 13.5. The van der Waals surface area contributed by atoms with E-state index in [-0.39, 0.29) is 12.5 Å². The summed E-state index contributed by atoms with van der Waals surface area (Å²) in [6, 6.07) is 0. The summed E-state index contributed by atoms with van der Waals surface area (Å²) in [4.78, 5) is 21.7. The Labute approximate surface area is 89.9 Å². The fourth-order valence-corrected chi connectivity index (χ4v) is 0.796. The van der Waals surface area contributed by atoms with Gasteiger partial charge in [0.1, 0.15) is 0 Å². The topological polar surface area (TPSA) is 67.4 Å². The zero-order chi connectivity index (χ0) is 11.5. The van der Waals surface area contributed by atoms with Crippen molar-refractivity contribution in [2.75, 3.05) is 20.2 Å². The van der Waals surface area contributed by atoms with Gasteiger partial charge in [-0.1, -0.05) is 19.1 Å². The molecule has 0 spiro atoms. The van der Waals surface area contributed by atoms with Gasteiger partial charge in [-0.25, -0.2) is 4.79 Å². The van der Waals surface area contributed by atoms with Crippen LogP contribution in [0.5, 0.6) is 0 Å². The summed E-state index contributed by atoms with van der Waals surface area (Å²) in [5, 5.41) is 4.88. The van der Waals surface area contributed by atoms with E-state index >= 15 is 0 Å². The molecule has 0 atom stereocenters. The zero-order valence-corrected chi connectivity index (χ0v) is 9.21. The van der Waals surface area contributed by atoms with Crippen molar-refractivity contribution >= 4 is 12.0 Å². The molecular formula is C10H18N2O3. The number of ether oxygens (including phenoxy) is 1. The molecule has 2 N–H and O–H groups in total. The summed E-state index contributed by atoms with van der Waals surface area (Å²) >= 11 is 0. The summed E-state index contributed by atoms with van der Waals surface area (Å²) in [5.74, 6) is -0.323. The predicted molar refractivity (Wildman–Crippen MR) is 57.5 cm³/mol. The van der Waals surface area contributed by atoms with E-state index in [0.29, 0.717) is 6.54 Å². The summed E-state index contributed by atoms with van der Waals surface area (Å²) in [6.45, 7) is 2.32. The molecule has 0 fully saturated rings. The lowest BCUT2D eigenvalue weighted by Crippen LogP contribution is -2.30. The first-order valence-corrected chi connectivity index (χ1v) is 4.97. The highest BCUT2D eigenvalue weighted by Gasteiger charge is 2.03. The summed E-state index contributed by atoms with van der Waals surface area (Å²) in [6.07, 6.45) is 5.20. The molecule has 0 aliphatic carbocycles. The number of nitrogens with one attached hydrogen (secondary N) is 2. The molecule has 0 aliphatic heterocycles. The number of rotatable bonds is 6. The standard InChI is InChI=1S/C10H18N2O3/c1-3-4-5-6-7-12-10(14)15-8-9(13)11-2/h4-5H,3,6-8H2,1-2H3,(H,11,13)(H,12,14)/b5-4+. The van der Waals surface area contributed by atoms with Crippen LogP contribution in [0.4, 0.5) is 4.79 Å². The van der Waals surface area contributed by atoms with E-state index in [4.69, 9.17) is 0 Å². The number of allylic oxidation sites excluding steroid dienone is 1. The molecule has 0 radical (unpaired) electrons. The van der Waals surface area contributed by atoms with Gasteiger partial charge in [0.2, 0.25) is 0 Å². The van der Waals surface area contributed by atoms with E-state index in [1.165, 1.54) is 7.05 Å². The quantitative estimate of drug-likeness (QED) is 0.508. The Bertz CT molecular complexity index is 227. The van der Waals surface area contributed by atoms with Crippen LogP contribution in [0.3, 0.4) is 0 Å². The number of alkyl carbamates (subject to hydrolysis) is 1. The van der Waals surface area contributed by atoms with Crippen molar-refractivity contribution in [3.05, 3.63) is 12.2 Å². The number of hydrogen-bond acceptors (Lipinski definition) is 3. The zero-order valence-electron chi connectivity index (χ0n) is 9.21. The normalized spacial score (nSPS) is 10.0. The monoisotopic (exact) mass is 214 g/mol. The summed E-state index contributed by atoms with van der Waals surface area (Å²) in [7, 11) is 1.49. The Kier molecular flexibility index (Phi) is 8.13. The maximum absolute atomic E-state index is 11.0. The number of amides is 2. The first-order chi connectivity index (χ1) is 7.20. The van der Waals surface area contributed by atoms with E-state index in [1.807, 2.05) is 19.1 Å². The average molecular weight is 214 g/mol. The van der Waals surface area contributed by atoms with Crippen molar-refractivity contribution in [3.63, 3.8) is 0 Å². The van der Waals surface area contributed by atoms with Gasteiger partial charge in [-0.05, 0) is 12.8 Å². The predicted octanol–water partition coefficient (Wildman–Crippen LogP) is 0.815. The van der Waals surface area contributed by atoms with Crippen molar-refractivity contribution in [2.24, 2.45) is 0 Å². The van der Waals surface area contributed by atoms with Crippen LogP contribution in [0.25, 0.3) is 0 Å². The van der Waals surface area contributed by atoms with Crippen LogP contribution in [0.2, 0.25) is 0 Å². The van der Waals surface area contributed by atoms with E-state index in [1.54, 1.807) is 0 Å². The Morgan fingerprint density at radius 1 is 1.33 bits per heavy atom. The van der Waals surface area contributed by atoms with Gasteiger partial charge in [0.05, 0.1) is 0 Å². The smallest absolute Gasteiger partial charge is 0.407 e. The van der Waals surface area contributed by atoms with E-state index in [0.717, 1.165) is 12.8 Å². The fraction of sp³-hybridized carbons (Fsp3) is 0.600. The second-order valence-electron chi connectivity index (χ2n) is 2.84. The third-order valence-corrected chi connectivity index (χ3v) is 1.60. The Morgan fingerprint density at radius 2 is 2.07 bits per heavy atom. The lowest BCUT2D eigenvalue weighted by molar-refractivity contribution is -0.123. The number of likely N-dealkylation sites (N-methyl/N-ethyl adjacent to an activating group) is 1. The number of carbonyl (C=O) groups excluding carboxylic acids is 2. The van der Waals surface area contributed by atoms with E-state index in [9.17, 15) is 9.59 Å². The molecule has 0 aliphatic rings. The van der Waals surface area contributed by atoms with Gasteiger partial charge >= 0.3 is 6.09 Å². The molecule has 5 heteroatoms. The maximum Gasteiger partial charge on any atom is 0.407 e. The van der Waals surface area contributed by atoms with Gasteiger partial charge in [0.25, 0.3) is 5.91 Å². The molecule has 2 amide bonds. The van der Waals surface area contributed by atoms with Crippen LogP contribution in [-0.4, -0.2) is 32.2 Å². The fourth-order valence-electron chi connectivity index (χ4n) is 0.796. The molecule has 0 saturated heterocycles. The highest BCUT2D eigenvalue weighted by atomic mass is 16.6. The molecule has 0 aromatic heterocycles. The van der Waals surface area contributed by atoms with Crippen LogP contribution in [-0.2, 0) is 9.53 Å². The highest BCUT2D eigenvalue weighted by Crippen LogP contribution is 1.85. The highest BCUT2D eigenvalue weighted by molar-refractivity contribution is 5.79. The summed E-state index contributed by atoms with van der Waals surface area (Å²) in [5.41, 5.74) is 0. The van der Waals surface area contributed by atoms with Gasteiger partial charge in [0, 0.05) is 13.6 Å². The molecule has 0 unspecified atom stereocenters. The Morgan fingerprint density at radius 3 is 2.67 bits per heavy atom. The van der Waals surface area contributed by atoms with Crippen molar-refractivity contribution in [1.29, 1.82) is 0 Å². The van der Waals surface area contributed by atoms with E-state index in [2.05, 4.69) is 15.4 Å². The molecule has 5 nitrogen and oxygen atoms in total. The third kappa shape index (κ3) is 8.80. The van der Waals surface area contributed by atoms with Crippen LogP contribution in [0, 0.1) is 0 Å². The Balaban J connectivity index is 3.41. The molecule has 0 saturated carbocycles. The average Bonchev–Trinajstić information content (AvgIpc) is 2.25. The van der Waals surface area contributed by atoms with Gasteiger partial charge in [-0.15, -0.1) is 0 Å². The minimum Gasteiger partial charge on any atom is -0.439 e. The molecule has 0 rings (SSSR count).